The van der Waals surface area contributed by atoms with Crippen molar-refractivity contribution in [3.63, 3.8) is 0 Å². The number of hydrogen-bond acceptors (Lipinski definition) is 4. The molecule has 4 nitrogen and oxygen atoms in total. The van der Waals surface area contributed by atoms with Crippen LogP contribution < -0.4 is 0 Å². The largest absolute Gasteiger partial charge is 0.467 e. The first-order chi connectivity index (χ1) is 6.33. The van der Waals surface area contributed by atoms with Crippen LogP contribution in [0.5, 0.6) is 0 Å². The van der Waals surface area contributed by atoms with Gasteiger partial charge < -0.3 is 9.47 Å². The molecule has 0 bridgehead atoms. The number of methoxy groups -OCH3 is 1. The number of nitrogens with zero attached hydrogens (tertiary/aromatic N) is 1. The molecule has 0 aromatic carbocycles. The van der Waals surface area contributed by atoms with Gasteiger partial charge in [0.15, 0.2) is 0 Å². The van der Waals surface area contributed by atoms with Gasteiger partial charge in [0, 0.05) is 6.20 Å². The molecule has 0 spiro atoms. The summed E-state index contributed by atoms with van der Waals surface area (Å²) in [5.74, 6) is -0.379. The lowest BCUT2D eigenvalue weighted by Crippen LogP contribution is -2.10. The highest BCUT2D eigenvalue weighted by Gasteiger charge is 1.99. The van der Waals surface area contributed by atoms with E-state index < -0.39 is 0 Å². The molecule has 1 heterocycles. The van der Waals surface area contributed by atoms with Crippen LogP contribution in [-0.4, -0.2) is 24.7 Å². The molecule has 13 heavy (non-hydrogen) atoms. The Labute approximate surface area is 76.5 Å². The summed E-state index contributed by atoms with van der Waals surface area (Å²) in [6.45, 7) is 0.295. The fourth-order valence-corrected chi connectivity index (χ4v) is 0.781. The van der Waals surface area contributed by atoms with E-state index in [9.17, 15) is 4.79 Å². The Hall–Kier alpha value is -1.42. The Balaban J connectivity index is 2.24. The lowest BCUT2D eigenvalue weighted by Gasteiger charge is -2.01. The van der Waals surface area contributed by atoms with Gasteiger partial charge in [-0.15, -0.1) is 0 Å². The van der Waals surface area contributed by atoms with Crippen LogP contribution >= 0.6 is 0 Å². The van der Waals surface area contributed by atoms with Gasteiger partial charge in [-0.25, -0.2) is 4.79 Å². The molecule has 0 aliphatic rings. The number of hydrogen-bond donors (Lipinski definition) is 0. The lowest BCUT2D eigenvalue weighted by molar-refractivity contribution is -0.146. The Bertz CT molecular complexity index is 261. The van der Waals surface area contributed by atoms with E-state index in [-0.39, 0.29) is 12.6 Å². The Morgan fingerprint density at radius 3 is 3.00 bits per heavy atom. The van der Waals surface area contributed by atoms with Crippen LogP contribution in [0.15, 0.2) is 24.4 Å². The van der Waals surface area contributed by atoms with Crippen molar-refractivity contribution in [2.24, 2.45) is 0 Å². The number of carbonyl (C=O) groups excluding carboxylic acids is 1. The van der Waals surface area contributed by atoms with Crippen molar-refractivity contribution in [2.45, 2.75) is 6.61 Å². The average Bonchev–Trinajstić information content (AvgIpc) is 2.19. The molecular weight excluding hydrogens is 170 g/mol. The van der Waals surface area contributed by atoms with E-state index in [4.69, 9.17) is 4.74 Å². The number of pyridine rings is 1. The van der Waals surface area contributed by atoms with Crippen LogP contribution in [0.3, 0.4) is 0 Å². The van der Waals surface area contributed by atoms with E-state index >= 15 is 0 Å². The van der Waals surface area contributed by atoms with Gasteiger partial charge in [0.05, 0.1) is 19.4 Å². The third-order valence-electron chi connectivity index (χ3n) is 1.42. The molecule has 0 unspecified atom stereocenters. The Morgan fingerprint density at radius 1 is 1.54 bits per heavy atom. The third kappa shape index (κ3) is 3.66. The van der Waals surface area contributed by atoms with E-state index in [2.05, 4.69) is 9.72 Å². The van der Waals surface area contributed by atoms with Crippen molar-refractivity contribution in [1.29, 1.82) is 0 Å². The molecule has 0 aliphatic heterocycles. The summed E-state index contributed by atoms with van der Waals surface area (Å²) < 4.78 is 9.44. The molecule has 1 rings (SSSR count). The zero-order valence-corrected chi connectivity index (χ0v) is 7.40. The highest BCUT2D eigenvalue weighted by atomic mass is 16.6. The molecule has 0 N–H and O–H groups in total. The number of ether oxygens (including phenoxy) is 2. The fourth-order valence-electron chi connectivity index (χ4n) is 0.781. The zero-order valence-electron chi connectivity index (χ0n) is 7.40. The molecule has 0 radical (unpaired) electrons. The van der Waals surface area contributed by atoms with Crippen LogP contribution in [0.25, 0.3) is 0 Å². The molecule has 70 valence electrons. The highest BCUT2D eigenvalue weighted by Crippen LogP contribution is 1.95. The number of aromatic nitrogens is 1. The molecule has 1 aromatic heterocycles. The normalized spacial score (nSPS) is 9.62. The van der Waals surface area contributed by atoms with Crippen molar-refractivity contribution < 1.29 is 14.3 Å². The maximum Gasteiger partial charge on any atom is 0.331 e. The second-order valence-electron chi connectivity index (χ2n) is 2.39. The minimum Gasteiger partial charge on any atom is -0.467 e. The van der Waals surface area contributed by atoms with Gasteiger partial charge in [0.1, 0.15) is 6.61 Å². The van der Waals surface area contributed by atoms with Gasteiger partial charge >= 0.3 is 5.97 Å². The Morgan fingerprint density at radius 2 is 2.38 bits per heavy atom. The first-order valence-corrected chi connectivity index (χ1v) is 3.87. The molecule has 0 saturated heterocycles. The predicted octanol–water partition coefficient (Wildman–Crippen LogP) is 0.771. The van der Waals surface area contributed by atoms with Crippen LogP contribution in [0, 0.1) is 0 Å². The van der Waals surface area contributed by atoms with Gasteiger partial charge in [-0.2, -0.15) is 0 Å². The van der Waals surface area contributed by atoms with Crippen LogP contribution in [0.1, 0.15) is 5.69 Å². The molecule has 0 aliphatic carbocycles. The minimum atomic E-state index is -0.379. The average molecular weight is 181 g/mol. The molecule has 0 atom stereocenters. The van der Waals surface area contributed by atoms with Crippen LogP contribution in [0.2, 0.25) is 0 Å². The molecule has 0 saturated carbocycles. The maximum atomic E-state index is 10.6. The number of esters is 1. The summed E-state index contributed by atoms with van der Waals surface area (Å²) in [4.78, 5) is 14.7. The molecule has 0 amide bonds. The predicted molar refractivity (Wildman–Crippen MR) is 45.9 cm³/mol. The highest BCUT2D eigenvalue weighted by molar-refractivity contribution is 5.70. The second kappa shape index (κ2) is 5.27. The lowest BCUT2D eigenvalue weighted by atomic mass is 10.4. The number of rotatable bonds is 4. The van der Waals surface area contributed by atoms with Crippen LogP contribution in [-0.2, 0) is 20.9 Å². The van der Waals surface area contributed by atoms with Crippen molar-refractivity contribution in [3.05, 3.63) is 30.1 Å². The molecular formula is C9H11NO3. The fraction of sp³-hybridized carbons (Fsp3) is 0.333. The third-order valence-corrected chi connectivity index (χ3v) is 1.42. The summed E-state index contributed by atoms with van der Waals surface area (Å²) in [5.41, 5.74) is 0.798. The van der Waals surface area contributed by atoms with E-state index in [0.29, 0.717) is 6.61 Å². The van der Waals surface area contributed by atoms with E-state index in [0.717, 1.165) is 5.69 Å². The van der Waals surface area contributed by atoms with Gasteiger partial charge in [0.25, 0.3) is 0 Å². The number of carbonyl (C=O) groups is 1. The maximum absolute atomic E-state index is 10.6. The first kappa shape index (κ1) is 9.67. The van der Waals surface area contributed by atoms with E-state index in [1.807, 2.05) is 18.2 Å². The van der Waals surface area contributed by atoms with Gasteiger partial charge in [-0.1, -0.05) is 6.07 Å². The van der Waals surface area contributed by atoms with Crippen molar-refractivity contribution in [3.8, 4) is 0 Å². The first-order valence-electron chi connectivity index (χ1n) is 3.87. The van der Waals surface area contributed by atoms with E-state index in [1.54, 1.807) is 6.20 Å². The molecule has 0 fully saturated rings. The van der Waals surface area contributed by atoms with E-state index in [1.165, 1.54) is 7.11 Å². The topological polar surface area (TPSA) is 48.4 Å². The summed E-state index contributed by atoms with van der Waals surface area (Å²) in [7, 11) is 1.33. The minimum absolute atomic E-state index is 0.0346. The Kier molecular flexibility index (Phi) is 3.92. The SMILES string of the molecule is COC(=O)COCc1ccccn1. The summed E-state index contributed by atoms with van der Waals surface area (Å²) in [6, 6.07) is 5.52. The van der Waals surface area contributed by atoms with Crippen molar-refractivity contribution in [2.75, 3.05) is 13.7 Å². The second-order valence-corrected chi connectivity index (χ2v) is 2.39. The summed E-state index contributed by atoms with van der Waals surface area (Å²) in [5, 5.41) is 0. The standard InChI is InChI=1S/C9H11NO3/c1-12-9(11)7-13-6-8-4-2-3-5-10-8/h2-5H,6-7H2,1H3. The summed E-state index contributed by atoms with van der Waals surface area (Å²) in [6.07, 6.45) is 1.68. The van der Waals surface area contributed by atoms with Gasteiger partial charge in [-0.05, 0) is 12.1 Å². The van der Waals surface area contributed by atoms with Crippen molar-refractivity contribution in [1.82, 2.24) is 4.98 Å². The molecule has 1 aromatic rings. The van der Waals surface area contributed by atoms with Gasteiger partial charge in [-0.3, -0.25) is 4.98 Å². The van der Waals surface area contributed by atoms with Crippen LogP contribution in [0.4, 0.5) is 0 Å². The summed E-state index contributed by atoms with van der Waals surface area (Å²) >= 11 is 0. The van der Waals surface area contributed by atoms with Gasteiger partial charge in [0.2, 0.25) is 0 Å². The van der Waals surface area contributed by atoms with Crippen molar-refractivity contribution >= 4 is 5.97 Å². The quantitative estimate of drug-likeness (QED) is 0.644. The zero-order chi connectivity index (χ0) is 9.52. The smallest absolute Gasteiger partial charge is 0.331 e. The monoisotopic (exact) mass is 181 g/mol. The molecule has 4 heteroatoms.